The molecule has 0 atom stereocenters. The van der Waals surface area contributed by atoms with Crippen LogP contribution in [0.5, 0.6) is 0 Å². The molecule has 10 aromatic rings. The van der Waals surface area contributed by atoms with Gasteiger partial charge in [-0.05, 0) is 147 Å². The molecule has 0 saturated heterocycles. The van der Waals surface area contributed by atoms with Gasteiger partial charge in [0.25, 0.3) is 6.71 Å². The molecule has 318 valence electrons. The predicted molar refractivity (Wildman–Crippen MR) is 289 cm³/mol. The molecule has 2 aliphatic heterocycles. The van der Waals surface area contributed by atoms with Gasteiger partial charge < -0.3 is 9.80 Å². The van der Waals surface area contributed by atoms with E-state index in [1.807, 2.05) is 34.0 Å². The van der Waals surface area contributed by atoms with Gasteiger partial charge in [-0.3, -0.25) is 0 Å². The molecule has 6 heteroatoms. The van der Waals surface area contributed by atoms with E-state index in [1.54, 1.807) is 0 Å². The smallest absolute Gasteiger partial charge is 0.264 e. The predicted octanol–water partition coefficient (Wildman–Crippen LogP) is 16.3. The maximum Gasteiger partial charge on any atom is 0.264 e. The molecule has 0 saturated carbocycles. The van der Waals surface area contributed by atoms with Gasteiger partial charge >= 0.3 is 0 Å². The van der Waals surface area contributed by atoms with E-state index in [4.69, 9.17) is 0 Å². The second kappa shape index (κ2) is 14.5. The van der Waals surface area contributed by atoms with Gasteiger partial charge in [-0.15, -0.1) is 34.0 Å². The minimum Gasteiger partial charge on any atom is -0.311 e. The summed E-state index contributed by atoms with van der Waals surface area (Å²) in [5.41, 5.74) is 22.0. The number of thiophene rings is 3. The highest BCUT2D eigenvalue weighted by Gasteiger charge is 2.46. The first kappa shape index (κ1) is 40.6. The fraction of sp³-hybridized carbons (Fsp3) is 0.186. The molecule has 0 bridgehead atoms. The van der Waals surface area contributed by atoms with E-state index >= 15 is 0 Å². The second-order valence-corrected chi connectivity index (χ2v) is 23.3. The Morgan fingerprint density at radius 1 is 0.477 bits per heavy atom. The van der Waals surface area contributed by atoms with Crippen molar-refractivity contribution in [3.63, 3.8) is 0 Å². The van der Waals surface area contributed by atoms with Crippen molar-refractivity contribution >= 4 is 121 Å². The van der Waals surface area contributed by atoms with Crippen LogP contribution < -0.4 is 25.5 Å². The number of nitrogens with zero attached hydrogens (tertiary/aromatic N) is 2. The fourth-order valence-corrected chi connectivity index (χ4v) is 13.9. The molecule has 2 aliphatic rings. The van der Waals surface area contributed by atoms with E-state index in [0.717, 1.165) is 0 Å². The molecule has 0 unspecified atom stereocenters. The van der Waals surface area contributed by atoms with Crippen LogP contribution >= 0.6 is 34.0 Å². The Kier molecular flexibility index (Phi) is 9.08. The Balaban J connectivity index is 1.15. The summed E-state index contributed by atoms with van der Waals surface area (Å²) in [6.07, 6.45) is 0. The summed E-state index contributed by atoms with van der Waals surface area (Å²) >= 11 is 5.65. The summed E-state index contributed by atoms with van der Waals surface area (Å²) < 4.78 is 5.39. The molecule has 0 amide bonds. The third-order valence-electron chi connectivity index (χ3n) is 14.0. The van der Waals surface area contributed by atoms with Gasteiger partial charge in [0, 0.05) is 68.9 Å². The molecule has 3 aromatic heterocycles. The zero-order valence-electron chi connectivity index (χ0n) is 38.6. The van der Waals surface area contributed by atoms with Crippen LogP contribution in [0.3, 0.4) is 0 Å². The largest absolute Gasteiger partial charge is 0.311 e. The van der Waals surface area contributed by atoms with Crippen LogP contribution in [0, 0.1) is 20.8 Å². The van der Waals surface area contributed by atoms with Crippen molar-refractivity contribution in [2.24, 2.45) is 0 Å². The van der Waals surface area contributed by atoms with Crippen LogP contribution in [0.2, 0.25) is 0 Å². The Bertz CT molecular complexity index is 3550. The highest BCUT2D eigenvalue weighted by Crippen LogP contribution is 2.51. The third-order valence-corrected chi connectivity index (χ3v) is 17.1. The summed E-state index contributed by atoms with van der Waals surface area (Å²) in [7, 11) is 0. The average Bonchev–Trinajstić information content (AvgIpc) is 4.02. The Hall–Kier alpha value is -5.92. The second-order valence-electron chi connectivity index (χ2n) is 20.4. The van der Waals surface area contributed by atoms with Crippen LogP contribution in [0.15, 0.2) is 144 Å². The third kappa shape index (κ3) is 6.32. The van der Waals surface area contributed by atoms with Crippen molar-refractivity contribution < 1.29 is 0 Å². The lowest BCUT2D eigenvalue weighted by Gasteiger charge is -2.44. The van der Waals surface area contributed by atoms with Crippen LogP contribution in [0.25, 0.3) is 52.5 Å². The molecule has 12 rings (SSSR count). The van der Waals surface area contributed by atoms with Crippen molar-refractivity contribution in [2.45, 2.75) is 73.1 Å². The number of benzene rings is 7. The Morgan fingerprint density at radius 3 is 1.69 bits per heavy atom. The van der Waals surface area contributed by atoms with Gasteiger partial charge in [-0.25, -0.2) is 0 Å². The molecule has 65 heavy (non-hydrogen) atoms. The van der Waals surface area contributed by atoms with Gasteiger partial charge in [0.05, 0.1) is 11.4 Å². The molecule has 2 nitrogen and oxygen atoms in total. The summed E-state index contributed by atoms with van der Waals surface area (Å²) in [4.78, 5) is 5.25. The quantitative estimate of drug-likeness (QED) is 0.162. The molecule has 0 spiro atoms. The summed E-state index contributed by atoms with van der Waals surface area (Å²) in [6.45, 7) is 21.0. The SMILES string of the molecule is Cc1cc2c3c(c1)N(c1c(C)cc(C(C)(C)C)cc1C)c1c(sc4ccc(C(C)(C)C)cc14)B3c1cc(-c3csc4ccccc34)ccc1N2c1ccc(-c2csc3ccccc23)cc1. The molecular weight excluding hydrogens is 844 g/mol. The topological polar surface area (TPSA) is 6.48 Å². The zero-order chi connectivity index (χ0) is 44.7. The average molecular weight is 895 g/mol. The lowest BCUT2D eigenvalue weighted by atomic mass is 9.36. The highest BCUT2D eigenvalue weighted by atomic mass is 32.1. The monoisotopic (exact) mass is 894 g/mol. The van der Waals surface area contributed by atoms with Crippen molar-refractivity contribution in [1.29, 1.82) is 0 Å². The van der Waals surface area contributed by atoms with Crippen LogP contribution in [0.4, 0.5) is 34.1 Å². The number of aryl methyl sites for hydroxylation is 3. The number of anilines is 6. The Morgan fingerprint density at radius 2 is 1.06 bits per heavy atom. The molecular formula is C59H51BN2S3. The summed E-state index contributed by atoms with van der Waals surface area (Å²) in [5.74, 6) is 0. The van der Waals surface area contributed by atoms with E-state index in [1.165, 1.54) is 130 Å². The van der Waals surface area contributed by atoms with Gasteiger partial charge in [0.2, 0.25) is 0 Å². The van der Waals surface area contributed by atoms with Gasteiger partial charge in [-0.2, -0.15) is 0 Å². The Labute approximate surface area is 395 Å². The van der Waals surface area contributed by atoms with E-state index < -0.39 is 0 Å². The van der Waals surface area contributed by atoms with Crippen molar-refractivity contribution in [3.8, 4) is 22.3 Å². The van der Waals surface area contributed by atoms with E-state index in [2.05, 4.69) is 216 Å². The molecule has 0 fully saturated rings. The van der Waals surface area contributed by atoms with E-state index in [-0.39, 0.29) is 17.5 Å². The van der Waals surface area contributed by atoms with Crippen LogP contribution in [-0.4, -0.2) is 6.71 Å². The van der Waals surface area contributed by atoms with E-state index in [9.17, 15) is 0 Å². The molecule has 0 radical (unpaired) electrons. The number of hydrogen-bond acceptors (Lipinski definition) is 5. The molecule has 0 N–H and O–H groups in total. The van der Waals surface area contributed by atoms with Crippen molar-refractivity contribution in [2.75, 3.05) is 9.80 Å². The molecule has 5 heterocycles. The maximum absolute atomic E-state index is 2.68. The summed E-state index contributed by atoms with van der Waals surface area (Å²) in [6, 6.07) is 51.4. The minimum absolute atomic E-state index is 0.00653. The first-order valence-electron chi connectivity index (χ1n) is 22.8. The lowest BCUT2D eigenvalue weighted by molar-refractivity contribution is 0.589. The molecule has 7 aromatic carbocycles. The molecule has 0 aliphatic carbocycles. The van der Waals surface area contributed by atoms with Crippen LogP contribution in [-0.2, 0) is 10.8 Å². The number of hydrogen-bond donors (Lipinski definition) is 0. The van der Waals surface area contributed by atoms with Crippen molar-refractivity contribution in [3.05, 3.63) is 172 Å². The van der Waals surface area contributed by atoms with Gasteiger partial charge in [0.15, 0.2) is 0 Å². The standard InChI is InChI=1S/C59H51BN2S3/c1-34-26-49-54-50(27-34)62(55-35(2)28-40(29-36(55)3)59(7,8)9)56-44-31-39(58(4,5)6)21-25-53(44)65-57(56)60(54)47-30-38(46-33-64-52-17-13-11-15-43(46)52)20-24-48(47)61(49)41-22-18-37(19-23-41)45-32-63-51-16-12-10-14-42(45)51/h10-33H,1-9H3. The maximum atomic E-state index is 2.68. The van der Waals surface area contributed by atoms with Gasteiger partial charge in [0.1, 0.15) is 0 Å². The van der Waals surface area contributed by atoms with Crippen molar-refractivity contribution in [1.82, 2.24) is 0 Å². The van der Waals surface area contributed by atoms with Gasteiger partial charge in [-0.1, -0.05) is 120 Å². The first-order chi connectivity index (χ1) is 31.2. The minimum atomic E-state index is 0.00653. The number of fused-ring (bicyclic) bond motifs is 8. The summed E-state index contributed by atoms with van der Waals surface area (Å²) in [5, 5.41) is 8.64. The van der Waals surface area contributed by atoms with E-state index in [0.29, 0.717) is 0 Å². The fourth-order valence-electron chi connectivity index (χ4n) is 10.7. The highest BCUT2D eigenvalue weighted by molar-refractivity contribution is 7.33. The lowest BCUT2D eigenvalue weighted by Crippen LogP contribution is -2.60. The zero-order valence-corrected chi connectivity index (χ0v) is 41.0. The van der Waals surface area contributed by atoms with Crippen LogP contribution in [0.1, 0.15) is 69.4 Å². The number of rotatable bonds is 4. The normalized spacial score (nSPS) is 13.5. The first-order valence-corrected chi connectivity index (χ1v) is 25.4.